The maximum Gasteiger partial charge on any atom is 0.310 e. The van der Waals surface area contributed by atoms with Gasteiger partial charge in [0.05, 0.1) is 31.7 Å². The van der Waals surface area contributed by atoms with E-state index in [9.17, 15) is 14.7 Å². The van der Waals surface area contributed by atoms with Crippen LogP contribution in [0.5, 0.6) is 0 Å². The lowest BCUT2D eigenvalue weighted by Gasteiger charge is -2.34. The van der Waals surface area contributed by atoms with Crippen LogP contribution in [0.15, 0.2) is 0 Å². The normalized spacial score (nSPS) is 35.4. The monoisotopic (exact) mass is 328 g/mol. The van der Waals surface area contributed by atoms with Crippen molar-refractivity contribution in [3.05, 3.63) is 0 Å². The standard InChI is InChI=1S/C17H28O6/c1-4-21-5-6-22-7-8-23-17(20)15-13-9-12(10(2)11(13)3)14(15)16(18)19/h10-15H,4-9H2,1-3H3,(H,18,19). The molecular weight excluding hydrogens is 300 g/mol. The van der Waals surface area contributed by atoms with Crippen molar-refractivity contribution < 1.29 is 28.9 Å². The molecule has 0 aliphatic heterocycles. The average Bonchev–Trinajstić information content (AvgIpc) is 3.04. The molecule has 2 rings (SSSR count). The van der Waals surface area contributed by atoms with E-state index in [0.29, 0.717) is 38.3 Å². The number of esters is 1. The Bertz CT molecular complexity index is 423. The summed E-state index contributed by atoms with van der Waals surface area (Å²) in [6.07, 6.45) is 0.823. The molecule has 0 aromatic heterocycles. The summed E-state index contributed by atoms with van der Waals surface area (Å²) in [6.45, 7) is 8.23. The number of carboxylic acid groups (broad SMARTS) is 1. The van der Waals surface area contributed by atoms with Gasteiger partial charge in [-0.25, -0.2) is 0 Å². The number of carbonyl (C=O) groups excluding carboxylic acids is 1. The van der Waals surface area contributed by atoms with Gasteiger partial charge >= 0.3 is 11.9 Å². The lowest BCUT2D eigenvalue weighted by atomic mass is 9.69. The molecule has 0 aromatic carbocycles. The third kappa shape index (κ3) is 3.86. The lowest BCUT2D eigenvalue weighted by Crippen LogP contribution is -2.41. The molecule has 0 radical (unpaired) electrons. The van der Waals surface area contributed by atoms with Crippen LogP contribution < -0.4 is 0 Å². The van der Waals surface area contributed by atoms with Crippen molar-refractivity contribution in [1.82, 2.24) is 0 Å². The van der Waals surface area contributed by atoms with E-state index in [1.54, 1.807) is 0 Å². The van der Waals surface area contributed by atoms with E-state index >= 15 is 0 Å². The van der Waals surface area contributed by atoms with E-state index in [2.05, 4.69) is 13.8 Å². The number of ether oxygens (including phenoxy) is 3. The molecule has 2 saturated carbocycles. The van der Waals surface area contributed by atoms with Crippen LogP contribution in [0.3, 0.4) is 0 Å². The van der Waals surface area contributed by atoms with Gasteiger partial charge in [0.2, 0.25) is 0 Å². The Morgan fingerprint density at radius 3 is 2.13 bits per heavy atom. The first-order valence-electron chi connectivity index (χ1n) is 8.54. The Balaban J connectivity index is 1.80. The number of carboxylic acids is 1. The highest BCUT2D eigenvalue weighted by Gasteiger charge is 2.60. The number of carbonyl (C=O) groups is 2. The summed E-state index contributed by atoms with van der Waals surface area (Å²) in [6, 6.07) is 0. The average molecular weight is 328 g/mol. The number of rotatable bonds is 9. The van der Waals surface area contributed by atoms with Crippen LogP contribution in [0.2, 0.25) is 0 Å². The van der Waals surface area contributed by atoms with E-state index in [1.165, 1.54) is 0 Å². The molecule has 2 fully saturated rings. The first-order valence-corrected chi connectivity index (χ1v) is 8.54. The fourth-order valence-electron chi connectivity index (χ4n) is 4.32. The van der Waals surface area contributed by atoms with Gasteiger partial charge in [-0.2, -0.15) is 0 Å². The summed E-state index contributed by atoms with van der Waals surface area (Å²) in [4.78, 5) is 24.0. The van der Waals surface area contributed by atoms with E-state index in [1.807, 2.05) is 6.92 Å². The topological polar surface area (TPSA) is 82.1 Å². The first kappa shape index (κ1) is 18.2. The summed E-state index contributed by atoms with van der Waals surface area (Å²) in [5, 5.41) is 9.50. The molecule has 0 amide bonds. The highest BCUT2D eigenvalue weighted by molar-refractivity contribution is 5.83. The molecule has 23 heavy (non-hydrogen) atoms. The second kappa shape index (κ2) is 8.11. The van der Waals surface area contributed by atoms with Gasteiger partial charge in [0.15, 0.2) is 0 Å². The van der Waals surface area contributed by atoms with Crippen molar-refractivity contribution in [2.24, 2.45) is 35.5 Å². The van der Waals surface area contributed by atoms with Gasteiger partial charge in [0.25, 0.3) is 0 Å². The van der Waals surface area contributed by atoms with Crippen LogP contribution in [-0.2, 0) is 23.8 Å². The van der Waals surface area contributed by atoms with Crippen LogP contribution in [0, 0.1) is 35.5 Å². The first-order chi connectivity index (χ1) is 11.0. The molecule has 2 aliphatic rings. The predicted molar refractivity (Wildman–Crippen MR) is 82.8 cm³/mol. The fourth-order valence-corrected chi connectivity index (χ4v) is 4.32. The van der Waals surface area contributed by atoms with E-state index in [-0.39, 0.29) is 24.4 Å². The van der Waals surface area contributed by atoms with Crippen LogP contribution in [0.25, 0.3) is 0 Å². The lowest BCUT2D eigenvalue weighted by molar-refractivity contribution is -0.163. The van der Waals surface area contributed by atoms with E-state index < -0.39 is 17.8 Å². The quantitative estimate of drug-likeness (QED) is 0.513. The van der Waals surface area contributed by atoms with Crippen molar-refractivity contribution in [2.45, 2.75) is 27.2 Å². The van der Waals surface area contributed by atoms with Crippen molar-refractivity contribution >= 4 is 11.9 Å². The second-order valence-corrected chi connectivity index (χ2v) is 6.65. The molecule has 1 N–H and O–H groups in total. The molecule has 6 unspecified atom stereocenters. The van der Waals surface area contributed by atoms with E-state index in [4.69, 9.17) is 14.2 Å². The molecule has 132 valence electrons. The van der Waals surface area contributed by atoms with Crippen molar-refractivity contribution in [2.75, 3.05) is 33.0 Å². The van der Waals surface area contributed by atoms with Gasteiger partial charge in [-0.15, -0.1) is 0 Å². The van der Waals surface area contributed by atoms with E-state index in [0.717, 1.165) is 6.42 Å². The Hall–Kier alpha value is -1.14. The van der Waals surface area contributed by atoms with Gasteiger partial charge < -0.3 is 19.3 Å². The van der Waals surface area contributed by atoms with Gasteiger partial charge in [-0.05, 0) is 37.0 Å². The summed E-state index contributed by atoms with van der Waals surface area (Å²) < 4.78 is 15.7. The molecule has 0 saturated heterocycles. The third-order valence-corrected chi connectivity index (χ3v) is 5.64. The zero-order chi connectivity index (χ0) is 17.0. The number of aliphatic carboxylic acids is 1. The molecule has 2 bridgehead atoms. The summed E-state index contributed by atoms with van der Waals surface area (Å²) in [5.41, 5.74) is 0. The largest absolute Gasteiger partial charge is 0.481 e. The Morgan fingerprint density at radius 2 is 1.52 bits per heavy atom. The number of hydrogen-bond acceptors (Lipinski definition) is 5. The van der Waals surface area contributed by atoms with Crippen LogP contribution >= 0.6 is 0 Å². The highest BCUT2D eigenvalue weighted by Crippen LogP contribution is 2.58. The summed E-state index contributed by atoms with van der Waals surface area (Å²) in [5.74, 6) is -1.41. The van der Waals surface area contributed by atoms with Gasteiger partial charge in [0, 0.05) is 6.61 Å². The predicted octanol–water partition coefficient (Wildman–Crippen LogP) is 1.82. The van der Waals surface area contributed by atoms with Crippen molar-refractivity contribution in [1.29, 1.82) is 0 Å². The molecular formula is C17H28O6. The Kier molecular flexibility index (Phi) is 6.41. The molecule has 6 nitrogen and oxygen atoms in total. The molecule has 2 aliphatic carbocycles. The van der Waals surface area contributed by atoms with Crippen molar-refractivity contribution in [3.8, 4) is 0 Å². The molecule has 6 atom stereocenters. The van der Waals surface area contributed by atoms with Crippen molar-refractivity contribution in [3.63, 3.8) is 0 Å². The zero-order valence-electron chi connectivity index (χ0n) is 14.2. The maximum absolute atomic E-state index is 12.4. The van der Waals surface area contributed by atoms with Crippen LogP contribution in [-0.4, -0.2) is 50.1 Å². The minimum atomic E-state index is -0.869. The van der Waals surface area contributed by atoms with Gasteiger partial charge in [0.1, 0.15) is 6.61 Å². The maximum atomic E-state index is 12.4. The minimum Gasteiger partial charge on any atom is -0.481 e. The third-order valence-electron chi connectivity index (χ3n) is 5.64. The van der Waals surface area contributed by atoms with Gasteiger partial charge in [-0.1, -0.05) is 13.8 Å². The fraction of sp³-hybridized carbons (Fsp3) is 0.882. The van der Waals surface area contributed by atoms with Gasteiger partial charge in [-0.3, -0.25) is 9.59 Å². The highest BCUT2D eigenvalue weighted by atomic mass is 16.6. The molecule has 0 spiro atoms. The summed E-state index contributed by atoms with van der Waals surface area (Å²) >= 11 is 0. The zero-order valence-corrected chi connectivity index (χ0v) is 14.2. The number of hydrogen-bond donors (Lipinski definition) is 1. The number of fused-ring (bicyclic) bond motifs is 2. The smallest absolute Gasteiger partial charge is 0.310 e. The summed E-state index contributed by atoms with van der Waals surface area (Å²) in [7, 11) is 0. The minimum absolute atomic E-state index is 0.0903. The molecule has 0 heterocycles. The Labute approximate surface area is 137 Å². The Morgan fingerprint density at radius 1 is 0.957 bits per heavy atom. The molecule has 0 aromatic rings. The molecule has 6 heteroatoms. The van der Waals surface area contributed by atoms with Crippen LogP contribution in [0.1, 0.15) is 27.2 Å². The van der Waals surface area contributed by atoms with Crippen LogP contribution in [0.4, 0.5) is 0 Å². The second-order valence-electron chi connectivity index (χ2n) is 6.65. The SMILES string of the molecule is CCOCCOCCOC(=O)C1C2CC(C(C)C2C)C1C(=O)O.